The van der Waals surface area contributed by atoms with Crippen LogP contribution in [0.2, 0.25) is 0 Å². The van der Waals surface area contributed by atoms with Gasteiger partial charge in [0.1, 0.15) is 32.9 Å². The molecule has 4 aromatic rings. The third-order valence-electron chi connectivity index (χ3n) is 8.12. The molecule has 2 aliphatic rings. The van der Waals surface area contributed by atoms with Gasteiger partial charge in [-0.1, -0.05) is 121 Å². The molecule has 0 saturated carbocycles. The first kappa shape index (κ1) is 29.4. The van der Waals surface area contributed by atoms with Crippen molar-refractivity contribution in [2.45, 2.75) is 25.9 Å². The Balaban J connectivity index is 1.23. The minimum Gasteiger partial charge on any atom is -0.478 e. The third-order valence-corrected chi connectivity index (χ3v) is 14.5. The van der Waals surface area contributed by atoms with Gasteiger partial charge >= 0.3 is 0 Å². The smallest absolute Gasteiger partial charge is 0.199 e. The van der Waals surface area contributed by atoms with Crippen molar-refractivity contribution < 1.29 is 18.6 Å². The van der Waals surface area contributed by atoms with E-state index in [0.717, 1.165) is 21.2 Å². The van der Waals surface area contributed by atoms with Gasteiger partial charge in [-0.25, -0.2) is 9.98 Å². The quantitative estimate of drug-likeness (QED) is 0.218. The van der Waals surface area contributed by atoms with E-state index in [2.05, 4.69) is 0 Å². The van der Waals surface area contributed by atoms with Gasteiger partial charge in [0.05, 0.1) is 12.1 Å². The zero-order chi connectivity index (χ0) is 29.9. The Kier molecular flexibility index (Phi) is 8.27. The Labute approximate surface area is 253 Å². The van der Waals surface area contributed by atoms with E-state index in [9.17, 15) is 9.13 Å². The van der Waals surface area contributed by atoms with Crippen LogP contribution in [0, 0.1) is 5.41 Å². The minimum atomic E-state index is -2.95. The van der Waals surface area contributed by atoms with Crippen LogP contribution in [0.5, 0.6) is 0 Å². The SMILES string of the molecule is CC(C)(C1=N[C@@H](CP(=O)(c2ccccc2)c2ccccc2)CO1)C1=N[C@@H](CP(=O)(c2ccccc2)c2ccccc2)CO1. The summed E-state index contributed by atoms with van der Waals surface area (Å²) in [7, 11) is -5.90. The molecule has 220 valence electrons. The standard InChI is InChI=1S/C35H36N2O4P2/c1-35(2,33-36-27(23-40-33)25-42(38,29-15-7-3-8-16-29)30-17-9-4-10-18-30)34-37-28(24-41-34)26-43(39,31-19-11-5-12-20-31)32-21-13-6-14-22-32/h3-22,27-28H,23-26H2,1-2H3/t27-,28-/m1/s1. The fourth-order valence-corrected chi connectivity index (χ4v) is 11.4. The van der Waals surface area contributed by atoms with E-state index in [1.54, 1.807) is 0 Å². The van der Waals surface area contributed by atoms with Crippen LogP contribution in [0.4, 0.5) is 0 Å². The van der Waals surface area contributed by atoms with Crippen molar-refractivity contribution in [3.8, 4) is 0 Å². The molecule has 0 saturated heterocycles. The molecule has 2 heterocycles. The van der Waals surface area contributed by atoms with Crippen LogP contribution in [0.1, 0.15) is 13.8 Å². The van der Waals surface area contributed by atoms with Gasteiger partial charge in [-0.3, -0.25) is 0 Å². The van der Waals surface area contributed by atoms with Crippen molar-refractivity contribution in [3.63, 3.8) is 0 Å². The van der Waals surface area contributed by atoms with Crippen LogP contribution < -0.4 is 21.2 Å². The average molecular weight is 611 g/mol. The van der Waals surface area contributed by atoms with E-state index in [1.807, 2.05) is 135 Å². The van der Waals surface area contributed by atoms with E-state index in [1.165, 1.54) is 0 Å². The zero-order valence-electron chi connectivity index (χ0n) is 24.5. The molecule has 6 rings (SSSR count). The van der Waals surface area contributed by atoms with Gasteiger partial charge in [0.25, 0.3) is 0 Å². The molecular formula is C35H36N2O4P2. The summed E-state index contributed by atoms with van der Waals surface area (Å²) in [5.74, 6) is 1.05. The largest absolute Gasteiger partial charge is 0.478 e. The maximum absolute atomic E-state index is 14.6. The molecule has 0 N–H and O–H groups in total. The molecule has 4 aromatic carbocycles. The monoisotopic (exact) mass is 610 g/mol. The second-order valence-electron chi connectivity index (χ2n) is 11.6. The highest BCUT2D eigenvalue weighted by atomic mass is 31.2. The Morgan fingerprint density at radius 2 is 0.837 bits per heavy atom. The summed E-state index contributed by atoms with van der Waals surface area (Å²) < 4.78 is 41.5. The summed E-state index contributed by atoms with van der Waals surface area (Å²) in [6, 6.07) is 38.1. The number of hydrogen-bond donors (Lipinski definition) is 0. The highest BCUT2D eigenvalue weighted by molar-refractivity contribution is 7.79. The topological polar surface area (TPSA) is 77.3 Å². The summed E-state index contributed by atoms with van der Waals surface area (Å²) in [6.45, 7) is 4.65. The summed E-state index contributed by atoms with van der Waals surface area (Å²) in [5, 5.41) is 3.27. The molecule has 0 bridgehead atoms. The predicted octanol–water partition coefficient (Wildman–Crippen LogP) is 5.64. The summed E-state index contributed by atoms with van der Waals surface area (Å²) in [4.78, 5) is 9.88. The van der Waals surface area contributed by atoms with E-state index < -0.39 is 19.7 Å². The van der Waals surface area contributed by atoms with E-state index >= 15 is 0 Å². The maximum Gasteiger partial charge on any atom is 0.199 e. The lowest BCUT2D eigenvalue weighted by Crippen LogP contribution is -2.34. The molecule has 0 aromatic heterocycles. The number of aliphatic imine (C=N–C) groups is 2. The normalized spacial score (nSPS) is 18.8. The van der Waals surface area contributed by atoms with E-state index in [4.69, 9.17) is 19.5 Å². The lowest BCUT2D eigenvalue weighted by Gasteiger charge is -2.22. The van der Waals surface area contributed by atoms with Gasteiger partial charge in [0, 0.05) is 33.5 Å². The fraction of sp³-hybridized carbons (Fsp3) is 0.257. The highest BCUT2D eigenvalue weighted by Gasteiger charge is 2.44. The Morgan fingerprint density at radius 1 is 0.558 bits per heavy atom. The molecule has 0 aliphatic carbocycles. The Bertz CT molecular complexity index is 1490. The van der Waals surface area contributed by atoms with Crippen molar-refractivity contribution in [3.05, 3.63) is 121 Å². The fourth-order valence-electron chi connectivity index (χ4n) is 5.78. The Hall–Kier alpha value is -3.72. The van der Waals surface area contributed by atoms with Crippen LogP contribution in [-0.4, -0.2) is 49.4 Å². The zero-order valence-corrected chi connectivity index (χ0v) is 26.2. The molecule has 0 spiro atoms. The first-order chi connectivity index (χ1) is 20.8. The average Bonchev–Trinajstić information content (AvgIpc) is 3.73. The van der Waals surface area contributed by atoms with Crippen molar-refractivity contribution in [1.82, 2.24) is 0 Å². The molecule has 2 atom stereocenters. The molecule has 0 unspecified atom stereocenters. The van der Waals surface area contributed by atoms with Crippen LogP contribution in [-0.2, 0) is 18.6 Å². The van der Waals surface area contributed by atoms with Gasteiger partial charge in [-0.15, -0.1) is 0 Å². The van der Waals surface area contributed by atoms with Crippen LogP contribution >= 0.6 is 14.3 Å². The predicted molar refractivity (Wildman–Crippen MR) is 177 cm³/mol. The van der Waals surface area contributed by atoms with E-state index in [0.29, 0.717) is 37.3 Å². The summed E-state index contributed by atoms with van der Waals surface area (Å²) in [5.41, 5.74) is -0.726. The molecule has 2 aliphatic heterocycles. The first-order valence-electron chi connectivity index (χ1n) is 14.6. The molecule has 43 heavy (non-hydrogen) atoms. The van der Waals surface area contributed by atoms with Crippen molar-refractivity contribution in [1.29, 1.82) is 0 Å². The molecule has 6 nitrogen and oxygen atoms in total. The number of rotatable bonds is 10. The first-order valence-corrected chi connectivity index (χ1v) is 18.4. The Morgan fingerprint density at radius 3 is 1.12 bits per heavy atom. The summed E-state index contributed by atoms with van der Waals surface area (Å²) in [6.07, 6.45) is 0.738. The second kappa shape index (κ2) is 12.1. The molecular weight excluding hydrogens is 574 g/mol. The van der Waals surface area contributed by atoms with Gasteiger partial charge in [-0.05, 0) is 13.8 Å². The molecule has 0 amide bonds. The lowest BCUT2D eigenvalue weighted by atomic mass is 9.93. The molecule has 8 heteroatoms. The molecule has 0 fully saturated rings. The van der Waals surface area contributed by atoms with Crippen LogP contribution in [0.25, 0.3) is 0 Å². The number of hydrogen-bond acceptors (Lipinski definition) is 6. The van der Waals surface area contributed by atoms with Crippen LogP contribution in [0.3, 0.4) is 0 Å². The van der Waals surface area contributed by atoms with Crippen molar-refractivity contribution in [2.75, 3.05) is 25.5 Å². The number of nitrogens with zero attached hydrogens (tertiary/aromatic N) is 2. The van der Waals surface area contributed by atoms with E-state index in [-0.39, 0.29) is 12.1 Å². The number of benzene rings is 4. The highest BCUT2D eigenvalue weighted by Crippen LogP contribution is 2.47. The number of ether oxygens (including phenoxy) is 2. The van der Waals surface area contributed by atoms with Crippen molar-refractivity contribution in [2.24, 2.45) is 15.4 Å². The summed E-state index contributed by atoms with van der Waals surface area (Å²) >= 11 is 0. The van der Waals surface area contributed by atoms with Gasteiger partial charge in [0.2, 0.25) is 0 Å². The van der Waals surface area contributed by atoms with Gasteiger partial charge in [-0.2, -0.15) is 0 Å². The van der Waals surface area contributed by atoms with Gasteiger partial charge < -0.3 is 18.6 Å². The maximum atomic E-state index is 14.6. The third kappa shape index (κ3) is 5.92. The van der Waals surface area contributed by atoms with Crippen molar-refractivity contribution >= 4 is 47.3 Å². The molecule has 0 radical (unpaired) electrons. The second-order valence-corrected chi connectivity index (χ2v) is 17.4. The van der Waals surface area contributed by atoms with Crippen LogP contribution in [0.15, 0.2) is 131 Å². The lowest BCUT2D eigenvalue weighted by molar-refractivity contribution is 0.268. The van der Waals surface area contributed by atoms with Gasteiger partial charge in [0.15, 0.2) is 11.8 Å². The minimum absolute atomic E-state index is 0.269.